The van der Waals surface area contributed by atoms with Crippen molar-refractivity contribution in [2.75, 3.05) is 7.11 Å². The Morgan fingerprint density at radius 1 is 1.21 bits per heavy atom. The van der Waals surface area contributed by atoms with Crippen LogP contribution in [0.5, 0.6) is 5.75 Å². The van der Waals surface area contributed by atoms with Crippen LogP contribution in [-0.2, 0) is 6.42 Å². The quantitative estimate of drug-likeness (QED) is 0.795. The molecule has 0 heterocycles. The Morgan fingerprint density at radius 2 is 1.95 bits per heavy atom. The van der Waals surface area contributed by atoms with E-state index in [1.165, 1.54) is 19.2 Å². The molecule has 2 rings (SSSR count). The molecule has 4 heteroatoms. The molecule has 0 saturated carbocycles. The van der Waals surface area contributed by atoms with Crippen LogP contribution in [0.3, 0.4) is 0 Å². The van der Waals surface area contributed by atoms with Gasteiger partial charge in [-0.25, -0.2) is 4.39 Å². The number of halogens is 2. The molecule has 2 aromatic rings. The van der Waals surface area contributed by atoms with Crippen molar-refractivity contribution < 1.29 is 13.9 Å². The molecule has 2 nitrogen and oxygen atoms in total. The Kier molecular flexibility index (Phi) is 4.32. The molecule has 0 fully saturated rings. The van der Waals surface area contributed by atoms with Crippen LogP contribution in [0.2, 0.25) is 0 Å². The largest absolute Gasteiger partial charge is 0.496 e. The first-order chi connectivity index (χ1) is 9.13. The smallest absolute Gasteiger partial charge is 0.173 e. The van der Waals surface area contributed by atoms with Crippen molar-refractivity contribution in [2.24, 2.45) is 0 Å². The van der Waals surface area contributed by atoms with Crippen molar-refractivity contribution in [1.82, 2.24) is 0 Å². The van der Waals surface area contributed by atoms with E-state index in [2.05, 4.69) is 15.9 Å². The van der Waals surface area contributed by atoms with E-state index in [9.17, 15) is 9.18 Å². The summed E-state index contributed by atoms with van der Waals surface area (Å²) >= 11 is 3.37. The molecule has 0 aromatic heterocycles. The van der Waals surface area contributed by atoms with E-state index in [0.29, 0.717) is 0 Å². The number of ether oxygens (including phenoxy) is 1. The van der Waals surface area contributed by atoms with Gasteiger partial charge in [-0.15, -0.1) is 0 Å². The Balaban J connectivity index is 2.33. The minimum absolute atomic E-state index is 0.000697. The lowest BCUT2D eigenvalue weighted by Crippen LogP contribution is -2.08. The number of carbonyl (C=O) groups excluding carboxylic acids is 1. The molecule has 0 N–H and O–H groups in total. The van der Waals surface area contributed by atoms with Crippen LogP contribution in [0.25, 0.3) is 0 Å². The number of hydrogen-bond donors (Lipinski definition) is 0. The molecule has 19 heavy (non-hydrogen) atoms. The first-order valence-corrected chi connectivity index (χ1v) is 6.52. The summed E-state index contributed by atoms with van der Waals surface area (Å²) in [6.45, 7) is 0. The molecule has 0 atom stereocenters. The highest BCUT2D eigenvalue weighted by Gasteiger charge is 2.18. The normalized spacial score (nSPS) is 10.3. The van der Waals surface area contributed by atoms with E-state index in [0.717, 1.165) is 10.0 Å². The van der Waals surface area contributed by atoms with Gasteiger partial charge in [-0.2, -0.15) is 0 Å². The van der Waals surface area contributed by atoms with Gasteiger partial charge in [-0.1, -0.05) is 40.2 Å². The molecule has 0 aliphatic heterocycles. The number of carbonyl (C=O) groups is 1. The molecule has 0 aliphatic rings. The van der Waals surface area contributed by atoms with E-state index in [1.807, 2.05) is 24.3 Å². The Bertz CT molecular complexity index is 611. The first-order valence-electron chi connectivity index (χ1n) is 5.72. The summed E-state index contributed by atoms with van der Waals surface area (Å²) in [7, 11) is 1.42. The molecular formula is C15H12BrFO2. The van der Waals surface area contributed by atoms with Gasteiger partial charge in [0.15, 0.2) is 5.78 Å². The van der Waals surface area contributed by atoms with Crippen molar-refractivity contribution in [1.29, 1.82) is 0 Å². The average molecular weight is 323 g/mol. The van der Waals surface area contributed by atoms with Gasteiger partial charge in [-0.05, 0) is 23.8 Å². The summed E-state index contributed by atoms with van der Waals surface area (Å²) in [6, 6.07) is 11.7. The van der Waals surface area contributed by atoms with Crippen LogP contribution in [0.15, 0.2) is 46.9 Å². The van der Waals surface area contributed by atoms with Gasteiger partial charge in [-0.3, -0.25) is 4.79 Å². The number of Topliss-reactive ketones (excluding diaryl/α,β-unsaturated/α-hetero) is 1. The summed E-state index contributed by atoms with van der Waals surface area (Å²) in [5.74, 6) is -0.602. The van der Waals surface area contributed by atoms with Crippen molar-refractivity contribution >= 4 is 21.7 Å². The van der Waals surface area contributed by atoms with Crippen LogP contribution in [0, 0.1) is 5.82 Å². The van der Waals surface area contributed by atoms with Crippen LogP contribution >= 0.6 is 15.9 Å². The third-order valence-corrected chi connectivity index (χ3v) is 3.56. The molecule has 0 spiro atoms. The van der Waals surface area contributed by atoms with E-state index in [4.69, 9.17) is 4.74 Å². The van der Waals surface area contributed by atoms with Gasteiger partial charge >= 0.3 is 0 Å². The third kappa shape index (κ3) is 3.01. The molecule has 0 bridgehead atoms. The maximum absolute atomic E-state index is 13.8. The number of benzene rings is 2. The lowest BCUT2D eigenvalue weighted by Gasteiger charge is -2.09. The molecule has 0 unspecified atom stereocenters. The lowest BCUT2D eigenvalue weighted by atomic mass is 10.0. The molecule has 98 valence electrons. The number of ketones is 1. The number of rotatable bonds is 4. The van der Waals surface area contributed by atoms with Gasteiger partial charge in [0, 0.05) is 10.9 Å². The second-order valence-corrected chi connectivity index (χ2v) is 4.86. The molecular weight excluding hydrogens is 311 g/mol. The van der Waals surface area contributed by atoms with Crippen molar-refractivity contribution in [2.45, 2.75) is 6.42 Å². The van der Waals surface area contributed by atoms with Gasteiger partial charge in [0.05, 0.1) is 12.7 Å². The van der Waals surface area contributed by atoms with Crippen LogP contribution in [-0.4, -0.2) is 12.9 Å². The monoisotopic (exact) mass is 322 g/mol. The second kappa shape index (κ2) is 5.97. The predicted molar refractivity (Wildman–Crippen MR) is 75.1 cm³/mol. The van der Waals surface area contributed by atoms with Crippen molar-refractivity contribution in [3.8, 4) is 5.75 Å². The average Bonchev–Trinajstić information content (AvgIpc) is 2.40. The highest BCUT2D eigenvalue weighted by atomic mass is 79.9. The van der Waals surface area contributed by atoms with Crippen LogP contribution in [0.1, 0.15) is 15.9 Å². The third-order valence-electron chi connectivity index (χ3n) is 2.78. The van der Waals surface area contributed by atoms with Crippen LogP contribution in [0.4, 0.5) is 4.39 Å². The van der Waals surface area contributed by atoms with Gasteiger partial charge in [0.2, 0.25) is 0 Å². The Morgan fingerprint density at radius 3 is 2.63 bits per heavy atom. The zero-order valence-electron chi connectivity index (χ0n) is 10.3. The van der Waals surface area contributed by atoms with Gasteiger partial charge in [0.1, 0.15) is 11.6 Å². The minimum Gasteiger partial charge on any atom is -0.496 e. The van der Waals surface area contributed by atoms with E-state index >= 15 is 0 Å². The number of methoxy groups -OCH3 is 1. The lowest BCUT2D eigenvalue weighted by molar-refractivity contribution is 0.0985. The molecule has 0 aliphatic carbocycles. The van der Waals surface area contributed by atoms with Gasteiger partial charge < -0.3 is 4.74 Å². The topological polar surface area (TPSA) is 26.3 Å². The van der Waals surface area contributed by atoms with Crippen LogP contribution < -0.4 is 4.74 Å². The number of hydrogen-bond acceptors (Lipinski definition) is 2. The highest BCUT2D eigenvalue weighted by Crippen LogP contribution is 2.24. The molecule has 2 aromatic carbocycles. The fourth-order valence-electron chi connectivity index (χ4n) is 1.85. The van der Waals surface area contributed by atoms with Crippen molar-refractivity contribution in [3.05, 3.63) is 63.9 Å². The molecule has 0 radical (unpaired) electrons. The van der Waals surface area contributed by atoms with Crippen molar-refractivity contribution in [3.63, 3.8) is 0 Å². The summed E-state index contributed by atoms with van der Waals surface area (Å²) in [6.07, 6.45) is 0.124. The maximum atomic E-state index is 13.8. The standard InChI is InChI=1S/C15H12BrFO2/c1-19-14-8-4-7-12(17)15(14)13(18)9-10-5-2-3-6-11(10)16/h2-8H,9H2,1H3. The SMILES string of the molecule is COc1cccc(F)c1C(=O)Cc1ccccc1Br. The summed E-state index contributed by atoms with van der Waals surface area (Å²) < 4.78 is 19.7. The second-order valence-electron chi connectivity index (χ2n) is 4.01. The Hall–Kier alpha value is -1.68. The summed E-state index contributed by atoms with van der Waals surface area (Å²) in [4.78, 5) is 12.2. The van der Waals surface area contributed by atoms with Gasteiger partial charge in [0.25, 0.3) is 0 Å². The van der Waals surface area contributed by atoms with E-state index in [1.54, 1.807) is 6.07 Å². The molecule has 0 saturated heterocycles. The predicted octanol–water partition coefficient (Wildman–Crippen LogP) is 4.02. The Labute approximate surface area is 119 Å². The minimum atomic E-state index is -0.559. The molecule has 0 amide bonds. The first kappa shape index (κ1) is 13.7. The summed E-state index contributed by atoms with van der Waals surface area (Å²) in [5, 5.41) is 0. The maximum Gasteiger partial charge on any atom is 0.173 e. The highest BCUT2D eigenvalue weighted by molar-refractivity contribution is 9.10. The fourth-order valence-corrected chi connectivity index (χ4v) is 2.27. The fraction of sp³-hybridized carbons (Fsp3) is 0.133. The zero-order chi connectivity index (χ0) is 13.8. The summed E-state index contributed by atoms with van der Waals surface area (Å²) in [5.41, 5.74) is 0.818. The van der Waals surface area contributed by atoms with E-state index in [-0.39, 0.29) is 23.5 Å². The zero-order valence-corrected chi connectivity index (χ0v) is 11.9. The van der Waals surface area contributed by atoms with E-state index < -0.39 is 5.82 Å².